The third-order valence-electron chi connectivity index (χ3n) is 2.61. The fraction of sp³-hybridized carbons (Fsp3) is 0.417. The van der Waals surface area contributed by atoms with Gasteiger partial charge in [-0.05, 0) is 13.8 Å². The Balaban J connectivity index is 2.16. The van der Waals surface area contributed by atoms with E-state index >= 15 is 0 Å². The lowest BCUT2D eigenvalue weighted by Gasteiger charge is -2.13. The van der Waals surface area contributed by atoms with E-state index in [1.807, 2.05) is 26.4 Å². The first-order valence-corrected chi connectivity index (χ1v) is 5.73. The summed E-state index contributed by atoms with van der Waals surface area (Å²) in [6.45, 7) is 3.89. The SMILES string of the molecule is COc1cc(NC(C)c2cnn(C)c2)nc(C)n1. The average molecular weight is 247 g/mol. The van der Waals surface area contributed by atoms with Crippen molar-refractivity contribution in [3.63, 3.8) is 0 Å². The number of aryl methyl sites for hydroxylation is 2. The van der Waals surface area contributed by atoms with Crippen LogP contribution in [-0.4, -0.2) is 26.9 Å². The van der Waals surface area contributed by atoms with Crippen LogP contribution in [0.2, 0.25) is 0 Å². The van der Waals surface area contributed by atoms with Gasteiger partial charge in [-0.2, -0.15) is 10.1 Å². The zero-order chi connectivity index (χ0) is 13.1. The lowest BCUT2D eigenvalue weighted by molar-refractivity contribution is 0.396. The maximum absolute atomic E-state index is 5.12. The third-order valence-corrected chi connectivity index (χ3v) is 2.61. The summed E-state index contributed by atoms with van der Waals surface area (Å²) in [4.78, 5) is 8.47. The molecule has 1 unspecified atom stereocenters. The van der Waals surface area contributed by atoms with Crippen LogP contribution in [0.25, 0.3) is 0 Å². The molecule has 0 amide bonds. The summed E-state index contributed by atoms with van der Waals surface area (Å²) in [6, 6.07) is 1.90. The van der Waals surface area contributed by atoms with E-state index in [1.165, 1.54) is 0 Å². The summed E-state index contributed by atoms with van der Waals surface area (Å²) in [5.74, 6) is 1.98. The standard InChI is InChI=1S/C12H17N5O/c1-8(10-6-13-17(3)7-10)14-11-5-12(18-4)16-9(2)15-11/h5-8H,1-4H3,(H,14,15,16). The molecule has 0 aliphatic carbocycles. The highest BCUT2D eigenvalue weighted by atomic mass is 16.5. The van der Waals surface area contributed by atoms with Crippen LogP contribution in [0, 0.1) is 6.92 Å². The van der Waals surface area contributed by atoms with E-state index in [1.54, 1.807) is 17.9 Å². The molecule has 0 spiro atoms. The lowest BCUT2D eigenvalue weighted by Crippen LogP contribution is -2.08. The molecule has 2 aromatic heterocycles. The molecule has 18 heavy (non-hydrogen) atoms. The Hall–Kier alpha value is -2.11. The van der Waals surface area contributed by atoms with Crippen molar-refractivity contribution in [3.8, 4) is 5.88 Å². The predicted octanol–water partition coefficient (Wildman–Crippen LogP) is 1.70. The van der Waals surface area contributed by atoms with Gasteiger partial charge in [-0.1, -0.05) is 0 Å². The number of methoxy groups -OCH3 is 1. The topological polar surface area (TPSA) is 64.9 Å². The van der Waals surface area contributed by atoms with Gasteiger partial charge in [0.25, 0.3) is 0 Å². The van der Waals surface area contributed by atoms with E-state index in [-0.39, 0.29) is 6.04 Å². The minimum Gasteiger partial charge on any atom is -0.481 e. The van der Waals surface area contributed by atoms with Gasteiger partial charge in [-0.3, -0.25) is 4.68 Å². The summed E-state index contributed by atoms with van der Waals surface area (Å²) in [5, 5.41) is 7.45. The van der Waals surface area contributed by atoms with Gasteiger partial charge in [-0.25, -0.2) is 4.98 Å². The maximum atomic E-state index is 5.12. The Morgan fingerprint density at radius 3 is 2.78 bits per heavy atom. The quantitative estimate of drug-likeness (QED) is 0.890. The minimum absolute atomic E-state index is 0.123. The molecular weight excluding hydrogens is 230 g/mol. The molecule has 0 saturated carbocycles. The number of hydrogen-bond donors (Lipinski definition) is 1. The molecule has 0 bridgehead atoms. The van der Waals surface area contributed by atoms with Gasteiger partial charge >= 0.3 is 0 Å². The number of hydrogen-bond acceptors (Lipinski definition) is 5. The van der Waals surface area contributed by atoms with E-state index in [4.69, 9.17) is 4.74 Å². The Bertz CT molecular complexity index is 537. The van der Waals surface area contributed by atoms with Crippen molar-refractivity contribution in [2.24, 2.45) is 7.05 Å². The van der Waals surface area contributed by atoms with E-state index in [0.717, 1.165) is 11.4 Å². The number of aromatic nitrogens is 4. The molecule has 2 aromatic rings. The molecule has 0 fully saturated rings. The van der Waals surface area contributed by atoms with Crippen molar-refractivity contribution in [2.45, 2.75) is 19.9 Å². The first-order valence-electron chi connectivity index (χ1n) is 5.73. The highest BCUT2D eigenvalue weighted by Crippen LogP contribution is 2.19. The Morgan fingerprint density at radius 2 is 2.17 bits per heavy atom. The van der Waals surface area contributed by atoms with Gasteiger partial charge in [0.2, 0.25) is 5.88 Å². The zero-order valence-electron chi connectivity index (χ0n) is 11.0. The van der Waals surface area contributed by atoms with E-state index in [0.29, 0.717) is 11.7 Å². The second-order valence-electron chi connectivity index (χ2n) is 4.16. The van der Waals surface area contributed by atoms with Crippen LogP contribution in [0.3, 0.4) is 0 Å². The van der Waals surface area contributed by atoms with Crippen LogP contribution in [0.1, 0.15) is 24.4 Å². The molecule has 2 rings (SSSR count). The van der Waals surface area contributed by atoms with Gasteiger partial charge in [0, 0.05) is 24.9 Å². The van der Waals surface area contributed by atoms with Crippen molar-refractivity contribution in [3.05, 3.63) is 29.8 Å². The Labute approximate surface area is 106 Å². The number of anilines is 1. The van der Waals surface area contributed by atoms with E-state index < -0.39 is 0 Å². The van der Waals surface area contributed by atoms with Crippen LogP contribution in [0.5, 0.6) is 5.88 Å². The molecule has 96 valence electrons. The fourth-order valence-electron chi connectivity index (χ4n) is 1.69. The molecular formula is C12H17N5O. The van der Waals surface area contributed by atoms with Crippen LogP contribution < -0.4 is 10.1 Å². The normalized spacial score (nSPS) is 12.2. The van der Waals surface area contributed by atoms with Gasteiger partial charge in [0.1, 0.15) is 11.6 Å². The number of nitrogens with zero attached hydrogens (tertiary/aromatic N) is 4. The molecule has 0 saturated heterocycles. The smallest absolute Gasteiger partial charge is 0.218 e. The molecule has 0 radical (unpaired) electrons. The van der Waals surface area contributed by atoms with Crippen molar-refractivity contribution >= 4 is 5.82 Å². The van der Waals surface area contributed by atoms with E-state index in [9.17, 15) is 0 Å². The summed E-state index contributed by atoms with van der Waals surface area (Å²) in [6.07, 6.45) is 3.81. The van der Waals surface area contributed by atoms with Crippen molar-refractivity contribution in [1.82, 2.24) is 19.7 Å². The maximum Gasteiger partial charge on any atom is 0.218 e. The second kappa shape index (κ2) is 5.03. The lowest BCUT2D eigenvalue weighted by atomic mass is 10.2. The Morgan fingerprint density at radius 1 is 1.39 bits per heavy atom. The third kappa shape index (κ3) is 2.77. The van der Waals surface area contributed by atoms with Gasteiger partial charge in [0.05, 0.1) is 19.3 Å². The van der Waals surface area contributed by atoms with Crippen LogP contribution >= 0.6 is 0 Å². The first kappa shape index (κ1) is 12.3. The number of nitrogens with one attached hydrogen (secondary N) is 1. The van der Waals surface area contributed by atoms with Gasteiger partial charge < -0.3 is 10.1 Å². The fourth-order valence-corrected chi connectivity index (χ4v) is 1.69. The summed E-state index contributed by atoms with van der Waals surface area (Å²) < 4.78 is 6.90. The molecule has 6 heteroatoms. The Kier molecular flexibility index (Phi) is 3.45. The monoisotopic (exact) mass is 247 g/mol. The molecule has 0 aliphatic rings. The molecule has 6 nitrogen and oxygen atoms in total. The minimum atomic E-state index is 0.123. The van der Waals surface area contributed by atoms with Gasteiger partial charge in [-0.15, -0.1) is 0 Å². The van der Waals surface area contributed by atoms with E-state index in [2.05, 4.69) is 27.3 Å². The molecule has 1 atom stereocenters. The first-order chi connectivity index (χ1) is 8.58. The van der Waals surface area contributed by atoms with Crippen molar-refractivity contribution in [2.75, 3.05) is 12.4 Å². The molecule has 2 heterocycles. The van der Waals surface area contributed by atoms with Gasteiger partial charge in [0.15, 0.2) is 0 Å². The number of rotatable bonds is 4. The highest BCUT2D eigenvalue weighted by Gasteiger charge is 2.09. The van der Waals surface area contributed by atoms with Crippen LogP contribution in [0.15, 0.2) is 18.5 Å². The molecule has 0 aromatic carbocycles. The summed E-state index contributed by atoms with van der Waals surface area (Å²) in [7, 11) is 3.49. The van der Waals surface area contributed by atoms with Crippen LogP contribution in [-0.2, 0) is 7.05 Å². The summed E-state index contributed by atoms with van der Waals surface area (Å²) >= 11 is 0. The second-order valence-corrected chi connectivity index (χ2v) is 4.16. The van der Waals surface area contributed by atoms with Crippen LogP contribution in [0.4, 0.5) is 5.82 Å². The summed E-state index contributed by atoms with van der Waals surface area (Å²) in [5.41, 5.74) is 1.10. The molecule has 1 N–H and O–H groups in total. The molecule has 0 aliphatic heterocycles. The number of ether oxygens (including phenoxy) is 1. The zero-order valence-corrected chi connectivity index (χ0v) is 11.0. The van der Waals surface area contributed by atoms with Crippen molar-refractivity contribution < 1.29 is 4.74 Å². The predicted molar refractivity (Wildman–Crippen MR) is 68.6 cm³/mol. The highest BCUT2D eigenvalue weighted by molar-refractivity contribution is 5.40. The van der Waals surface area contributed by atoms with Crippen molar-refractivity contribution in [1.29, 1.82) is 0 Å². The largest absolute Gasteiger partial charge is 0.481 e. The average Bonchev–Trinajstić information content (AvgIpc) is 2.75.